The van der Waals surface area contributed by atoms with Gasteiger partial charge >= 0.3 is 5.97 Å². The van der Waals surface area contributed by atoms with Gasteiger partial charge in [-0.25, -0.2) is 9.18 Å². The molecule has 94 valence electrons. The van der Waals surface area contributed by atoms with E-state index in [1.54, 1.807) is 0 Å². The number of aliphatic carboxylic acids is 1. The Morgan fingerprint density at radius 2 is 2.29 bits per heavy atom. The summed E-state index contributed by atoms with van der Waals surface area (Å²) in [6.45, 7) is 4.54. The minimum Gasteiger partial charge on any atom is -0.479 e. The lowest BCUT2D eigenvalue weighted by molar-refractivity contribution is -0.144. The molecule has 1 aromatic rings. The number of rotatable bonds is 6. The Morgan fingerprint density at radius 1 is 1.59 bits per heavy atom. The lowest BCUT2D eigenvalue weighted by Crippen LogP contribution is -2.24. The summed E-state index contributed by atoms with van der Waals surface area (Å²) in [7, 11) is 0. The van der Waals surface area contributed by atoms with Gasteiger partial charge in [0.2, 0.25) is 0 Å². The second-order valence-corrected chi connectivity index (χ2v) is 3.63. The highest BCUT2D eigenvalue weighted by molar-refractivity contribution is 5.72. The molecule has 1 aromatic carbocycles. The molecule has 1 rings (SSSR count). The van der Waals surface area contributed by atoms with E-state index >= 15 is 0 Å². The molecular weight excluding hydrogens is 225 g/mol. The molecule has 0 aromatic heterocycles. The molecule has 0 heterocycles. The third kappa shape index (κ3) is 4.03. The van der Waals surface area contributed by atoms with Crippen LogP contribution in [-0.2, 0) is 11.3 Å². The Bertz CT molecular complexity index is 395. The third-order valence-corrected chi connectivity index (χ3v) is 2.24. The fourth-order valence-electron chi connectivity index (χ4n) is 1.30. The van der Waals surface area contributed by atoms with Gasteiger partial charge in [0, 0.05) is 12.1 Å². The van der Waals surface area contributed by atoms with Crippen LogP contribution in [0.3, 0.4) is 0 Å². The van der Waals surface area contributed by atoms with Crippen LogP contribution in [0.1, 0.15) is 19.4 Å². The minimum absolute atomic E-state index is 0.367. The summed E-state index contributed by atoms with van der Waals surface area (Å²) >= 11 is 0. The van der Waals surface area contributed by atoms with Crippen LogP contribution in [0.4, 0.5) is 4.39 Å². The molecule has 0 radical (unpaired) electrons. The number of hydrogen-bond acceptors (Lipinski definition) is 3. The van der Waals surface area contributed by atoms with E-state index in [9.17, 15) is 9.18 Å². The molecule has 0 bridgehead atoms. The summed E-state index contributed by atoms with van der Waals surface area (Å²) in [6, 6.07) is 4.04. The van der Waals surface area contributed by atoms with Crippen LogP contribution in [0.5, 0.6) is 5.75 Å². The van der Waals surface area contributed by atoms with Crippen molar-refractivity contribution >= 4 is 5.97 Å². The van der Waals surface area contributed by atoms with E-state index in [2.05, 4.69) is 5.32 Å². The summed E-state index contributed by atoms with van der Waals surface area (Å²) in [5.41, 5.74) is 0.611. The van der Waals surface area contributed by atoms with Crippen molar-refractivity contribution in [1.82, 2.24) is 5.32 Å². The first-order chi connectivity index (χ1) is 8.04. The number of hydrogen-bond donors (Lipinski definition) is 2. The van der Waals surface area contributed by atoms with Crippen LogP contribution >= 0.6 is 0 Å². The molecule has 0 fully saturated rings. The van der Waals surface area contributed by atoms with Crippen LogP contribution in [0.25, 0.3) is 0 Å². The van der Waals surface area contributed by atoms with Crippen molar-refractivity contribution in [3.63, 3.8) is 0 Å². The average molecular weight is 241 g/mol. The zero-order valence-corrected chi connectivity index (χ0v) is 9.87. The summed E-state index contributed by atoms with van der Waals surface area (Å²) in [5.74, 6) is -1.03. The second kappa shape index (κ2) is 6.20. The largest absolute Gasteiger partial charge is 0.479 e. The van der Waals surface area contributed by atoms with E-state index in [1.807, 2.05) is 6.92 Å². The first-order valence-electron chi connectivity index (χ1n) is 5.43. The van der Waals surface area contributed by atoms with Crippen molar-refractivity contribution in [3.8, 4) is 5.75 Å². The van der Waals surface area contributed by atoms with Crippen molar-refractivity contribution in [1.29, 1.82) is 0 Å². The molecule has 0 aliphatic carbocycles. The van der Waals surface area contributed by atoms with Gasteiger partial charge in [0.15, 0.2) is 6.10 Å². The molecule has 2 N–H and O–H groups in total. The highest BCUT2D eigenvalue weighted by Gasteiger charge is 2.15. The van der Waals surface area contributed by atoms with Gasteiger partial charge in [-0.15, -0.1) is 0 Å². The smallest absolute Gasteiger partial charge is 0.344 e. The van der Waals surface area contributed by atoms with Crippen molar-refractivity contribution in [2.24, 2.45) is 0 Å². The molecule has 0 saturated heterocycles. The highest BCUT2D eigenvalue weighted by Crippen LogP contribution is 2.21. The first kappa shape index (κ1) is 13.4. The Labute approximate surface area is 99.4 Å². The molecule has 4 nitrogen and oxygen atoms in total. The molecule has 17 heavy (non-hydrogen) atoms. The maximum Gasteiger partial charge on any atom is 0.344 e. The van der Waals surface area contributed by atoms with E-state index in [0.717, 1.165) is 6.54 Å². The summed E-state index contributed by atoms with van der Waals surface area (Å²) in [5, 5.41) is 11.8. The summed E-state index contributed by atoms with van der Waals surface area (Å²) in [6.07, 6.45) is -0.958. The van der Waals surface area contributed by atoms with Crippen LogP contribution < -0.4 is 10.1 Å². The van der Waals surface area contributed by atoms with Gasteiger partial charge in [-0.05, 0) is 31.7 Å². The minimum atomic E-state index is -1.05. The third-order valence-electron chi connectivity index (χ3n) is 2.24. The topological polar surface area (TPSA) is 58.6 Å². The number of benzene rings is 1. The van der Waals surface area contributed by atoms with Crippen molar-refractivity contribution in [2.75, 3.05) is 6.54 Å². The van der Waals surface area contributed by atoms with E-state index in [0.29, 0.717) is 17.9 Å². The van der Waals surface area contributed by atoms with Gasteiger partial charge in [0.25, 0.3) is 0 Å². The van der Waals surface area contributed by atoms with Gasteiger partial charge in [0.05, 0.1) is 0 Å². The predicted octanol–water partition coefficient (Wildman–Crippen LogP) is 1.79. The second-order valence-electron chi connectivity index (χ2n) is 3.63. The van der Waals surface area contributed by atoms with Gasteiger partial charge in [0.1, 0.15) is 11.6 Å². The van der Waals surface area contributed by atoms with E-state index in [4.69, 9.17) is 9.84 Å². The monoisotopic (exact) mass is 241 g/mol. The Balaban J connectivity index is 2.85. The number of carbonyl (C=O) groups is 1. The van der Waals surface area contributed by atoms with Crippen LogP contribution in [0.2, 0.25) is 0 Å². The SMILES string of the molecule is CCNCc1cc(F)ccc1OC(C)C(=O)O. The van der Waals surface area contributed by atoms with E-state index < -0.39 is 12.1 Å². The number of nitrogens with one attached hydrogen (secondary N) is 1. The normalized spacial score (nSPS) is 12.2. The molecule has 0 aliphatic heterocycles. The van der Waals surface area contributed by atoms with Crippen molar-refractivity contribution < 1.29 is 19.0 Å². The summed E-state index contributed by atoms with van der Waals surface area (Å²) < 4.78 is 18.3. The van der Waals surface area contributed by atoms with E-state index in [-0.39, 0.29) is 5.82 Å². The predicted molar refractivity (Wildman–Crippen MR) is 61.5 cm³/mol. The maximum absolute atomic E-state index is 13.1. The molecule has 0 saturated carbocycles. The quantitative estimate of drug-likeness (QED) is 0.797. The Morgan fingerprint density at radius 3 is 2.88 bits per heavy atom. The van der Waals surface area contributed by atoms with Crippen molar-refractivity contribution in [2.45, 2.75) is 26.5 Å². The zero-order chi connectivity index (χ0) is 12.8. The van der Waals surface area contributed by atoms with Gasteiger partial charge < -0.3 is 15.2 Å². The Kier molecular flexibility index (Phi) is 4.90. The lowest BCUT2D eigenvalue weighted by Gasteiger charge is -2.14. The first-order valence-corrected chi connectivity index (χ1v) is 5.43. The number of carboxylic acid groups (broad SMARTS) is 1. The van der Waals surface area contributed by atoms with Crippen LogP contribution in [0.15, 0.2) is 18.2 Å². The fraction of sp³-hybridized carbons (Fsp3) is 0.417. The van der Waals surface area contributed by atoms with Crippen molar-refractivity contribution in [3.05, 3.63) is 29.6 Å². The zero-order valence-electron chi connectivity index (χ0n) is 9.87. The van der Waals surface area contributed by atoms with E-state index in [1.165, 1.54) is 25.1 Å². The molecule has 1 unspecified atom stereocenters. The maximum atomic E-state index is 13.1. The highest BCUT2D eigenvalue weighted by atomic mass is 19.1. The number of carboxylic acids is 1. The van der Waals surface area contributed by atoms with Crippen LogP contribution in [-0.4, -0.2) is 23.7 Å². The number of halogens is 1. The molecule has 1 atom stereocenters. The van der Waals surface area contributed by atoms with Gasteiger partial charge in [-0.3, -0.25) is 0 Å². The molecule has 0 spiro atoms. The Hall–Kier alpha value is -1.62. The van der Waals surface area contributed by atoms with Gasteiger partial charge in [-0.2, -0.15) is 0 Å². The summed E-state index contributed by atoms with van der Waals surface area (Å²) in [4.78, 5) is 10.7. The van der Waals surface area contributed by atoms with Crippen LogP contribution in [0, 0.1) is 5.82 Å². The number of ether oxygens (including phenoxy) is 1. The molecular formula is C12H16FNO3. The standard InChI is InChI=1S/C12H16FNO3/c1-3-14-7-9-6-10(13)4-5-11(9)17-8(2)12(15)16/h4-6,8,14H,3,7H2,1-2H3,(H,15,16). The average Bonchev–Trinajstić information content (AvgIpc) is 2.29. The molecule has 5 heteroatoms. The molecule has 0 aliphatic rings. The molecule has 0 amide bonds. The van der Waals surface area contributed by atoms with Gasteiger partial charge in [-0.1, -0.05) is 6.92 Å². The lowest BCUT2D eigenvalue weighted by atomic mass is 10.2. The fourth-order valence-corrected chi connectivity index (χ4v) is 1.30.